The highest BCUT2D eigenvalue weighted by Gasteiger charge is 2.30. The standard InChI is InChI=1S/C25H20F4/c1-2-3-4-16-5-11-20-18(15-16)8-12-23-22(20)14-13-21(24(23)26)17-6-9-19(10-7-17)25(27,28)29/h5-15H,2-4H2,1H3. The monoisotopic (exact) mass is 396 g/mol. The minimum absolute atomic E-state index is 0.296. The zero-order valence-corrected chi connectivity index (χ0v) is 16.0. The molecule has 0 unspecified atom stereocenters. The first-order valence-corrected chi connectivity index (χ1v) is 9.70. The fourth-order valence-corrected chi connectivity index (χ4v) is 3.76. The number of unbranched alkanes of at least 4 members (excludes halogenated alkanes) is 1. The van der Waals surface area contributed by atoms with Crippen molar-refractivity contribution in [1.82, 2.24) is 0 Å². The highest BCUT2D eigenvalue weighted by molar-refractivity contribution is 6.08. The van der Waals surface area contributed by atoms with Crippen molar-refractivity contribution in [2.45, 2.75) is 32.4 Å². The molecule has 29 heavy (non-hydrogen) atoms. The summed E-state index contributed by atoms with van der Waals surface area (Å²) in [6.07, 6.45) is -1.13. The number of alkyl halides is 3. The summed E-state index contributed by atoms with van der Waals surface area (Å²) in [7, 11) is 0. The Morgan fingerprint density at radius 2 is 1.45 bits per heavy atom. The third-order valence-corrected chi connectivity index (χ3v) is 5.36. The Bertz CT molecular complexity index is 1170. The molecule has 0 saturated heterocycles. The van der Waals surface area contributed by atoms with Crippen molar-refractivity contribution >= 4 is 21.5 Å². The van der Waals surface area contributed by atoms with Gasteiger partial charge in [-0.15, -0.1) is 0 Å². The first kappa shape index (κ1) is 19.4. The van der Waals surface area contributed by atoms with Gasteiger partial charge in [-0.3, -0.25) is 0 Å². The van der Waals surface area contributed by atoms with E-state index in [-0.39, 0.29) is 0 Å². The zero-order chi connectivity index (χ0) is 20.6. The van der Waals surface area contributed by atoms with Crippen molar-refractivity contribution in [1.29, 1.82) is 0 Å². The van der Waals surface area contributed by atoms with E-state index in [4.69, 9.17) is 0 Å². The van der Waals surface area contributed by atoms with E-state index in [9.17, 15) is 13.2 Å². The van der Waals surface area contributed by atoms with Crippen molar-refractivity contribution < 1.29 is 17.6 Å². The van der Waals surface area contributed by atoms with Crippen LogP contribution in [0.25, 0.3) is 32.7 Å². The van der Waals surface area contributed by atoms with Crippen LogP contribution in [-0.4, -0.2) is 0 Å². The molecule has 0 fully saturated rings. The molecule has 148 valence electrons. The molecule has 0 aliphatic heterocycles. The number of halogens is 4. The molecule has 4 heteroatoms. The lowest BCUT2D eigenvalue weighted by molar-refractivity contribution is -0.137. The van der Waals surface area contributed by atoms with Crippen LogP contribution >= 0.6 is 0 Å². The van der Waals surface area contributed by atoms with Crippen LogP contribution in [0, 0.1) is 5.82 Å². The van der Waals surface area contributed by atoms with Crippen molar-refractivity contribution in [2.75, 3.05) is 0 Å². The topological polar surface area (TPSA) is 0 Å². The van der Waals surface area contributed by atoms with Gasteiger partial charge < -0.3 is 0 Å². The SMILES string of the molecule is CCCCc1ccc2c(ccc3c(F)c(-c4ccc(C(F)(F)F)cc4)ccc32)c1. The summed E-state index contributed by atoms with van der Waals surface area (Å²) in [5, 5.41) is 3.31. The number of rotatable bonds is 4. The van der Waals surface area contributed by atoms with Crippen molar-refractivity contribution in [3.05, 3.63) is 83.7 Å². The van der Waals surface area contributed by atoms with Crippen LogP contribution in [0.1, 0.15) is 30.9 Å². The summed E-state index contributed by atoms with van der Waals surface area (Å²) in [4.78, 5) is 0. The Balaban J connectivity index is 1.78. The second kappa shape index (κ2) is 7.51. The third kappa shape index (κ3) is 3.71. The molecule has 4 aromatic carbocycles. The van der Waals surface area contributed by atoms with Crippen molar-refractivity contribution in [3.63, 3.8) is 0 Å². The predicted octanol–water partition coefficient (Wildman–Crippen LogP) is 8.16. The van der Waals surface area contributed by atoms with E-state index in [0.717, 1.165) is 47.6 Å². The maximum Gasteiger partial charge on any atom is 0.416 e. The van der Waals surface area contributed by atoms with Crippen molar-refractivity contribution in [2.24, 2.45) is 0 Å². The minimum atomic E-state index is -4.41. The average Bonchev–Trinajstić information content (AvgIpc) is 2.71. The second-order valence-corrected chi connectivity index (χ2v) is 7.32. The maximum atomic E-state index is 15.2. The molecule has 4 aromatic rings. The Hall–Kier alpha value is -2.88. The molecule has 0 spiro atoms. The Labute approximate surface area is 166 Å². The van der Waals surface area contributed by atoms with Gasteiger partial charge in [-0.2, -0.15) is 13.2 Å². The third-order valence-electron chi connectivity index (χ3n) is 5.36. The number of hydrogen-bond acceptors (Lipinski definition) is 0. The molecular formula is C25H20F4. The van der Waals surface area contributed by atoms with E-state index in [1.165, 1.54) is 17.7 Å². The van der Waals surface area contributed by atoms with Crippen LogP contribution in [0.4, 0.5) is 17.6 Å². The Morgan fingerprint density at radius 1 is 0.759 bits per heavy atom. The summed E-state index contributed by atoms with van der Waals surface area (Å²) >= 11 is 0. The molecule has 0 heterocycles. The van der Waals surface area contributed by atoms with E-state index in [1.807, 2.05) is 18.2 Å². The summed E-state index contributed by atoms with van der Waals surface area (Å²) in [5.74, 6) is -0.417. The fourth-order valence-electron chi connectivity index (χ4n) is 3.76. The highest BCUT2D eigenvalue weighted by atomic mass is 19.4. The largest absolute Gasteiger partial charge is 0.416 e. The quantitative estimate of drug-likeness (QED) is 0.241. The smallest absolute Gasteiger partial charge is 0.206 e. The number of benzene rings is 4. The van der Waals surface area contributed by atoms with Crippen LogP contribution in [-0.2, 0) is 12.6 Å². The maximum absolute atomic E-state index is 15.2. The van der Waals surface area contributed by atoms with Gasteiger partial charge in [-0.25, -0.2) is 4.39 Å². The summed E-state index contributed by atoms with van der Waals surface area (Å²) in [6, 6.07) is 18.0. The first-order chi connectivity index (χ1) is 13.9. The van der Waals surface area contributed by atoms with Crippen LogP contribution in [0.3, 0.4) is 0 Å². The molecule has 0 aromatic heterocycles. The van der Waals surface area contributed by atoms with E-state index < -0.39 is 17.6 Å². The number of hydrogen-bond donors (Lipinski definition) is 0. The summed E-state index contributed by atoms with van der Waals surface area (Å²) < 4.78 is 53.6. The average molecular weight is 396 g/mol. The van der Waals surface area contributed by atoms with E-state index in [1.54, 1.807) is 12.1 Å². The lowest BCUT2D eigenvalue weighted by Gasteiger charge is -2.12. The molecule has 0 saturated carbocycles. The summed E-state index contributed by atoms with van der Waals surface area (Å²) in [6.45, 7) is 2.16. The van der Waals surface area contributed by atoms with Gasteiger partial charge in [-0.1, -0.05) is 67.9 Å². The molecule has 0 aliphatic rings. The molecule has 0 bridgehead atoms. The van der Waals surface area contributed by atoms with Crippen molar-refractivity contribution in [3.8, 4) is 11.1 Å². The van der Waals surface area contributed by atoms with Gasteiger partial charge >= 0.3 is 6.18 Å². The number of fused-ring (bicyclic) bond motifs is 3. The first-order valence-electron chi connectivity index (χ1n) is 9.70. The predicted molar refractivity (Wildman–Crippen MR) is 110 cm³/mol. The van der Waals surface area contributed by atoms with Gasteiger partial charge in [0.05, 0.1) is 5.56 Å². The second-order valence-electron chi connectivity index (χ2n) is 7.32. The lowest BCUT2D eigenvalue weighted by Crippen LogP contribution is -2.04. The van der Waals surface area contributed by atoms with E-state index in [2.05, 4.69) is 19.1 Å². The molecule has 0 radical (unpaired) electrons. The van der Waals surface area contributed by atoms with Gasteiger partial charge in [0, 0.05) is 10.9 Å². The van der Waals surface area contributed by atoms with E-state index >= 15 is 4.39 Å². The van der Waals surface area contributed by atoms with E-state index in [0.29, 0.717) is 16.5 Å². The van der Waals surface area contributed by atoms with Crippen LogP contribution in [0.15, 0.2) is 66.7 Å². The number of aryl methyl sites for hydroxylation is 1. The van der Waals surface area contributed by atoms with Crippen LogP contribution < -0.4 is 0 Å². The Morgan fingerprint density at radius 3 is 2.14 bits per heavy atom. The normalized spacial score (nSPS) is 12.0. The van der Waals surface area contributed by atoms with Crippen LogP contribution in [0.5, 0.6) is 0 Å². The molecule has 0 N–H and O–H groups in total. The molecule has 0 amide bonds. The lowest BCUT2D eigenvalue weighted by atomic mass is 9.95. The molecule has 0 aliphatic carbocycles. The highest BCUT2D eigenvalue weighted by Crippen LogP contribution is 2.35. The fraction of sp³-hybridized carbons (Fsp3) is 0.200. The van der Waals surface area contributed by atoms with Gasteiger partial charge in [0.15, 0.2) is 0 Å². The minimum Gasteiger partial charge on any atom is -0.206 e. The van der Waals surface area contributed by atoms with Gasteiger partial charge in [0.1, 0.15) is 5.82 Å². The summed E-state index contributed by atoms with van der Waals surface area (Å²) in [5.41, 5.74) is 1.24. The molecular weight excluding hydrogens is 376 g/mol. The zero-order valence-electron chi connectivity index (χ0n) is 16.0. The van der Waals surface area contributed by atoms with Gasteiger partial charge in [-0.05, 0) is 52.3 Å². The molecule has 0 nitrogen and oxygen atoms in total. The molecule has 0 atom stereocenters. The molecule has 4 rings (SSSR count). The van der Waals surface area contributed by atoms with Gasteiger partial charge in [0.2, 0.25) is 0 Å². The van der Waals surface area contributed by atoms with Crippen LogP contribution in [0.2, 0.25) is 0 Å². The Kier molecular flexibility index (Phi) is 5.03. The van der Waals surface area contributed by atoms with Gasteiger partial charge in [0.25, 0.3) is 0 Å².